The Bertz CT molecular complexity index is 360. The average Bonchev–Trinajstić information content (AvgIpc) is 2.16. The molecule has 0 aliphatic rings. The van der Waals surface area contributed by atoms with E-state index in [1.807, 2.05) is 6.92 Å². The zero-order valence-corrected chi connectivity index (χ0v) is 8.73. The Balaban J connectivity index is 2.90. The van der Waals surface area contributed by atoms with Gasteiger partial charge in [-0.3, -0.25) is 4.79 Å². The number of aliphatic carboxylic acids is 1. The summed E-state index contributed by atoms with van der Waals surface area (Å²) in [5.74, 6) is -0.323. The van der Waals surface area contributed by atoms with Crippen molar-refractivity contribution in [1.82, 2.24) is 0 Å². The van der Waals surface area contributed by atoms with E-state index in [-0.39, 0.29) is 6.42 Å². The van der Waals surface area contributed by atoms with Crippen LogP contribution in [0.2, 0.25) is 0 Å². The van der Waals surface area contributed by atoms with E-state index in [1.165, 1.54) is 0 Å². The number of aryl methyl sites for hydroxylation is 1. The first-order chi connectivity index (χ1) is 7.04. The molecule has 0 radical (unpaired) electrons. The Hall–Kier alpha value is -1.55. The van der Waals surface area contributed by atoms with Gasteiger partial charge < -0.3 is 14.9 Å². The highest BCUT2D eigenvalue weighted by atomic mass is 16.5. The van der Waals surface area contributed by atoms with Crippen LogP contribution < -0.4 is 4.74 Å². The van der Waals surface area contributed by atoms with Crippen LogP contribution in [-0.2, 0) is 4.79 Å². The topological polar surface area (TPSA) is 66.8 Å². The zero-order valence-electron chi connectivity index (χ0n) is 8.73. The minimum Gasteiger partial charge on any atom is -0.497 e. The van der Waals surface area contributed by atoms with Gasteiger partial charge in [-0.05, 0) is 30.2 Å². The molecule has 0 unspecified atom stereocenters. The highest BCUT2D eigenvalue weighted by molar-refractivity contribution is 5.67. The quantitative estimate of drug-likeness (QED) is 0.790. The third-order valence-electron chi connectivity index (χ3n) is 2.20. The van der Waals surface area contributed by atoms with Crippen molar-refractivity contribution in [2.24, 2.45) is 0 Å². The van der Waals surface area contributed by atoms with Crippen LogP contribution in [0.25, 0.3) is 0 Å². The van der Waals surface area contributed by atoms with Gasteiger partial charge in [0.2, 0.25) is 0 Å². The Labute approximate surface area is 88.1 Å². The number of methoxy groups -OCH3 is 1. The molecule has 4 nitrogen and oxygen atoms in total. The highest BCUT2D eigenvalue weighted by Crippen LogP contribution is 2.24. The predicted octanol–water partition coefficient (Wildman–Crippen LogP) is 1.51. The molecule has 0 aliphatic carbocycles. The molecular formula is C11H14O4. The normalized spacial score (nSPS) is 12.2. The van der Waals surface area contributed by atoms with E-state index < -0.39 is 12.1 Å². The average molecular weight is 210 g/mol. The van der Waals surface area contributed by atoms with Gasteiger partial charge in [0.1, 0.15) is 5.75 Å². The van der Waals surface area contributed by atoms with Crippen LogP contribution in [0.1, 0.15) is 23.7 Å². The molecule has 0 heterocycles. The molecule has 0 amide bonds. The van der Waals surface area contributed by atoms with Crippen LogP contribution in [0.5, 0.6) is 5.75 Å². The number of aliphatic hydroxyl groups is 1. The number of rotatable bonds is 4. The van der Waals surface area contributed by atoms with Crippen LogP contribution in [0.15, 0.2) is 18.2 Å². The van der Waals surface area contributed by atoms with Gasteiger partial charge in [0.25, 0.3) is 0 Å². The Kier molecular flexibility index (Phi) is 3.68. The maximum atomic E-state index is 10.4. The minimum atomic E-state index is -1.02. The van der Waals surface area contributed by atoms with Gasteiger partial charge >= 0.3 is 5.97 Å². The van der Waals surface area contributed by atoms with Gasteiger partial charge in [0.05, 0.1) is 19.6 Å². The van der Waals surface area contributed by atoms with Crippen molar-refractivity contribution in [1.29, 1.82) is 0 Å². The molecule has 82 valence electrons. The number of hydrogen-bond acceptors (Lipinski definition) is 3. The third-order valence-corrected chi connectivity index (χ3v) is 2.20. The molecule has 0 bridgehead atoms. The highest BCUT2D eigenvalue weighted by Gasteiger charge is 2.14. The van der Waals surface area contributed by atoms with Gasteiger partial charge in [-0.1, -0.05) is 6.07 Å². The predicted molar refractivity (Wildman–Crippen MR) is 54.9 cm³/mol. The molecule has 0 aliphatic heterocycles. The van der Waals surface area contributed by atoms with Crippen molar-refractivity contribution < 1.29 is 19.7 Å². The minimum absolute atomic E-state index is 0.285. The zero-order chi connectivity index (χ0) is 11.4. The summed E-state index contributed by atoms with van der Waals surface area (Å²) in [4.78, 5) is 10.4. The molecule has 15 heavy (non-hydrogen) atoms. The summed E-state index contributed by atoms with van der Waals surface area (Å²) < 4.78 is 5.01. The number of carboxylic acid groups (broad SMARTS) is 1. The summed E-state index contributed by atoms with van der Waals surface area (Å²) in [5, 5.41) is 18.2. The van der Waals surface area contributed by atoms with Crippen LogP contribution >= 0.6 is 0 Å². The van der Waals surface area contributed by atoms with Crippen LogP contribution in [0.4, 0.5) is 0 Å². The first kappa shape index (κ1) is 11.5. The van der Waals surface area contributed by atoms with Crippen molar-refractivity contribution >= 4 is 5.97 Å². The standard InChI is InChI=1S/C11H14O4/c1-7-5-8(15-2)3-4-9(7)10(12)6-11(13)14/h3-5,10,12H,6H2,1-2H3,(H,13,14)/t10-/m1/s1. The van der Waals surface area contributed by atoms with Gasteiger partial charge in [0, 0.05) is 0 Å². The van der Waals surface area contributed by atoms with Crippen molar-refractivity contribution in [2.75, 3.05) is 7.11 Å². The maximum Gasteiger partial charge on any atom is 0.306 e. The van der Waals surface area contributed by atoms with Crippen molar-refractivity contribution in [2.45, 2.75) is 19.4 Å². The van der Waals surface area contributed by atoms with Gasteiger partial charge in [-0.25, -0.2) is 0 Å². The van der Waals surface area contributed by atoms with E-state index in [0.717, 1.165) is 5.56 Å². The molecule has 1 aromatic carbocycles. The fraction of sp³-hybridized carbons (Fsp3) is 0.364. The monoisotopic (exact) mass is 210 g/mol. The van der Waals surface area contributed by atoms with Crippen LogP contribution in [0.3, 0.4) is 0 Å². The SMILES string of the molecule is COc1ccc([C@H](O)CC(=O)O)c(C)c1. The number of hydrogen-bond donors (Lipinski definition) is 2. The molecule has 0 spiro atoms. The molecule has 0 saturated heterocycles. The lowest BCUT2D eigenvalue weighted by atomic mass is 10.0. The molecule has 0 aromatic heterocycles. The summed E-state index contributed by atoms with van der Waals surface area (Å²) >= 11 is 0. The fourth-order valence-electron chi connectivity index (χ4n) is 1.42. The van der Waals surface area contributed by atoms with Crippen LogP contribution in [0, 0.1) is 6.92 Å². The molecule has 4 heteroatoms. The third kappa shape index (κ3) is 2.95. The number of aliphatic hydroxyl groups excluding tert-OH is 1. The van der Waals surface area contributed by atoms with Gasteiger partial charge in [-0.2, -0.15) is 0 Å². The molecule has 0 saturated carbocycles. The number of carbonyl (C=O) groups is 1. The molecule has 1 aromatic rings. The molecule has 1 atom stereocenters. The summed E-state index contributed by atoms with van der Waals surface area (Å²) in [6.07, 6.45) is -1.25. The number of ether oxygens (including phenoxy) is 1. The van der Waals surface area contributed by atoms with E-state index in [4.69, 9.17) is 9.84 Å². The number of benzene rings is 1. The Morgan fingerprint density at radius 1 is 1.53 bits per heavy atom. The lowest BCUT2D eigenvalue weighted by Crippen LogP contribution is -2.06. The molecule has 1 rings (SSSR count). The first-order valence-electron chi connectivity index (χ1n) is 4.59. The van der Waals surface area contributed by atoms with E-state index in [0.29, 0.717) is 11.3 Å². The molecular weight excluding hydrogens is 196 g/mol. The lowest BCUT2D eigenvalue weighted by molar-refractivity contribution is -0.139. The molecule has 0 fully saturated rings. The van der Waals surface area contributed by atoms with Gasteiger partial charge in [-0.15, -0.1) is 0 Å². The smallest absolute Gasteiger partial charge is 0.306 e. The van der Waals surface area contributed by atoms with Crippen LogP contribution in [-0.4, -0.2) is 23.3 Å². The second-order valence-electron chi connectivity index (χ2n) is 3.34. The Morgan fingerprint density at radius 2 is 2.20 bits per heavy atom. The summed E-state index contributed by atoms with van der Waals surface area (Å²) in [6, 6.07) is 5.15. The van der Waals surface area contributed by atoms with E-state index >= 15 is 0 Å². The van der Waals surface area contributed by atoms with E-state index in [2.05, 4.69) is 0 Å². The lowest BCUT2D eigenvalue weighted by Gasteiger charge is -2.12. The van der Waals surface area contributed by atoms with E-state index in [9.17, 15) is 9.90 Å². The summed E-state index contributed by atoms with van der Waals surface area (Å²) in [5.41, 5.74) is 1.45. The number of carboxylic acids is 1. The largest absolute Gasteiger partial charge is 0.497 e. The second kappa shape index (κ2) is 4.79. The first-order valence-corrected chi connectivity index (χ1v) is 4.59. The summed E-state index contributed by atoms with van der Waals surface area (Å²) in [6.45, 7) is 1.81. The second-order valence-corrected chi connectivity index (χ2v) is 3.34. The summed E-state index contributed by atoms with van der Waals surface area (Å²) in [7, 11) is 1.56. The fourth-order valence-corrected chi connectivity index (χ4v) is 1.42. The van der Waals surface area contributed by atoms with Crippen molar-refractivity contribution in [3.05, 3.63) is 29.3 Å². The maximum absolute atomic E-state index is 10.4. The van der Waals surface area contributed by atoms with E-state index in [1.54, 1.807) is 25.3 Å². The van der Waals surface area contributed by atoms with Crippen molar-refractivity contribution in [3.63, 3.8) is 0 Å². The van der Waals surface area contributed by atoms with Gasteiger partial charge in [0.15, 0.2) is 0 Å². The van der Waals surface area contributed by atoms with Crippen molar-refractivity contribution in [3.8, 4) is 5.75 Å². The Morgan fingerprint density at radius 3 is 2.67 bits per heavy atom. The molecule has 2 N–H and O–H groups in total.